The molecule has 2 aromatic carbocycles. The number of hydrogen-bond donors (Lipinski definition) is 1. The number of aryl methyl sites for hydroxylation is 2. The molecule has 2 heteroatoms. The highest BCUT2D eigenvalue weighted by Crippen LogP contribution is 2.10. The number of Topliss-reactive ketones (excluding diaryl/α,β-unsaturated/α-hetero) is 1. The highest BCUT2D eigenvalue weighted by atomic mass is 16.3. The van der Waals surface area contributed by atoms with E-state index < -0.39 is 6.10 Å². The Labute approximate surface area is 153 Å². The van der Waals surface area contributed by atoms with Crippen molar-refractivity contribution in [1.29, 1.82) is 0 Å². The normalized spacial score (nSPS) is 10.6. The van der Waals surface area contributed by atoms with E-state index in [1.54, 1.807) is 0 Å². The largest absolute Gasteiger partial charge is 0.393 e. The summed E-state index contributed by atoms with van der Waals surface area (Å²) >= 11 is 0. The van der Waals surface area contributed by atoms with Gasteiger partial charge in [-0.05, 0) is 30.4 Å². The lowest BCUT2D eigenvalue weighted by Gasteiger charge is -2.10. The standard InChI is InChI=1S/C19H22O2.2C2H6/c20-18(13-11-16-7-3-1-4-8-16)15-19(21)14-12-17-9-5-2-6-10-17;2*1-2/h1-10,18,20H,11-15H2;2*1-2H3. The van der Waals surface area contributed by atoms with Gasteiger partial charge in [0.2, 0.25) is 0 Å². The number of ketones is 1. The van der Waals surface area contributed by atoms with Crippen molar-refractivity contribution in [3.63, 3.8) is 0 Å². The molecule has 0 bridgehead atoms. The summed E-state index contributed by atoms with van der Waals surface area (Å²) in [6.45, 7) is 8.00. The zero-order valence-corrected chi connectivity index (χ0v) is 16.2. The molecule has 138 valence electrons. The molecule has 0 saturated heterocycles. The van der Waals surface area contributed by atoms with Crippen molar-refractivity contribution in [2.45, 2.75) is 65.9 Å². The Morgan fingerprint density at radius 2 is 1.24 bits per heavy atom. The van der Waals surface area contributed by atoms with Gasteiger partial charge >= 0.3 is 0 Å². The Balaban J connectivity index is 0.00000134. The van der Waals surface area contributed by atoms with Gasteiger partial charge in [0.05, 0.1) is 6.10 Å². The molecule has 0 aliphatic carbocycles. The molecule has 0 aliphatic rings. The Bertz CT molecular complexity index is 535. The summed E-state index contributed by atoms with van der Waals surface area (Å²) in [6, 6.07) is 20.0. The lowest BCUT2D eigenvalue weighted by Crippen LogP contribution is -2.14. The molecule has 0 fully saturated rings. The number of benzene rings is 2. The minimum Gasteiger partial charge on any atom is -0.393 e. The molecule has 2 nitrogen and oxygen atoms in total. The van der Waals surface area contributed by atoms with E-state index in [1.165, 1.54) is 11.1 Å². The van der Waals surface area contributed by atoms with E-state index in [4.69, 9.17) is 0 Å². The van der Waals surface area contributed by atoms with Crippen molar-refractivity contribution < 1.29 is 9.90 Å². The summed E-state index contributed by atoms with van der Waals surface area (Å²) in [5.74, 6) is 0.138. The van der Waals surface area contributed by atoms with Crippen LogP contribution in [-0.2, 0) is 17.6 Å². The summed E-state index contributed by atoms with van der Waals surface area (Å²) in [7, 11) is 0. The number of carbonyl (C=O) groups is 1. The first-order valence-electron chi connectivity index (χ1n) is 9.51. The van der Waals surface area contributed by atoms with Crippen molar-refractivity contribution in [2.75, 3.05) is 0 Å². The summed E-state index contributed by atoms with van der Waals surface area (Å²) in [6.07, 6.45) is 2.44. The van der Waals surface area contributed by atoms with E-state index in [1.807, 2.05) is 88.4 Å². The maximum absolute atomic E-state index is 11.9. The molecule has 1 N–H and O–H groups in total. The van der Waals surface area contributed by atoms with Crippen LogP contribution in [0, 0.1) is 0 Å². The lowest BCUT2D eigenvalue weighted by molar-refractivity contribution is -0.120. The molecular weight excluding hydrogens is 308 g/mol. The second-order valence-electron chi connectivity index (χ2n) is 5.41. The smallest absolute Gasteiger partial charge is 0.135 e. The molecule has 2 rings (SSSR count). The van der Waals surface area contributed by atoms with E-state index >= 15 is 0 Å². The van der Waals surface area contributed by atoms with Crippen LogP contribution < -0.4 is 0 Å². The molecule has 0 spiro atoms. The number of hydrogen-bond acceptors (Lipinski definition) is 2. The topological polar surface area (TPSA) is 37.3 Å². The van der Waals surface area contributed by atoms with Crippen LogP contribution >= 0.6 is 0 Å². The third-order valence-electron chi connectivity index (χ3n) is 3.61. The monoisotopic (exact) mass is 342 g/mol. The zero-order valence-electron chi connectivity index (χ0n) is 16.2. The third-order valence-corrected chi connectivity index (χ3v) is 3.61. The molecule has 0 aromatic heterocycles. The molecular formula is C23H34O2. The molecule has 0 heterocycles. The van der Waals surface area contributed by atoms with Crippen molar-refractivity contribution in [2.24, 2.45) is 0 Å². The number of rotatable bonds is 8. The highest BCUT2D eigenvalue weighted by Gasteiger charge is 2.11. The summed E-state index contributed by atoms with van der Waals surface area (Å²) in [5, 5.41) is 9.96. The zero-order chi connectivity index (χ0) is 18.9. The van der Waals surface area contributed by atoms with Crippen molar-refractivity contribution in [3.05, 3.63) is 71.8 Å². The van der Waals surface area contributed by atoms with Crippen LogP contribution in [0.25, 0.3) is 0 Å². The van der Waals surface area contributed by atoms with Gasteiger partial charge in [0.25, 0.3) is 0 Å². The molecule has 0 amide bonds. The van der Waals surface area contributed by atoms with Gasteiger partial charge in [-0.15, -0.1) is 0 Å². The molecule has 25 heavy (non-hydrogen) atoms. The molecule has 0 radical (unpaired) electrons. The van der Waals surface area contributed by atoms with Crippen LogP contribution in [0.15, 0.2) is 60.7 Å². The lowest BCUT2D eigenvalue weighted by atomic mass is 10.0. The van der Waals surface area contributed by atoms with Crippen LogP contribution in [0.3, 0.4) is 0 Å². The van der Waals surface area contributed by atoms with Gasteiger partial charge in [-0.1, -0.05) is 88.4 Å². The predicted molar refractivity (Wildman–Crippen MR) is 108 cm³/mol. The quantitative estimate of drug-likeness (QED) is 0.675. The molecule has 1 atom stereocenters. The molecule has 0 saturated carbocycles. The minimum absolute atomic E-state index is 0.138. The van der Waals surface area contributed by atoms with Crippen LogP contribution in [0.1, 0.15) is 58.1 Å². The molecule has 2 aromatic rings. The van der Waals surface area contributed by atoms with Gasteiger partial charge in [0.15, 0.2) is 0 Å². The first-order chi connectivity index (χ1) is 12.2. The molecule has 1 unspecified atom stereocenters. The number of carbonyl (C=O) groups excluding carboxylic acids is 1. The molecule has 0 aliphatic heterocycles. The van der Waals surface area contributed by atoms with Gasteiger partial charge < -0.3 is 5.11 Å². The number of aliphatic hydroxyl groups excluding tert-OH is 1. The average Bonchev–Trinajstić information content (AvgIpc) is 2.69. The van der Waals surface area contributed by atoms with Gasteiger partial charge in [0, 0.05) is 12.8 Å². The maximum atomic E-state index is 11.9. The van der Waals surface area contributed by atoms with Gasteiger partial charge in [-0.3, -0.25) is 4.79 Å². The van der Waals surface area contributed by atoms with E-state index in [9.17, 15) is 9.90 Å². The van der Waals surface area contributed by atoms with Gasteiger partial charge in [-0.2, -0.15) is 0 Å². The second-order valence-corrected chi connectivity index (χ2v) is 5.41. The summed E-state index contributed by atoms with van der Waals surface area (Å²) in [4.78, 5) is 11.9. The Morgan fingerprint density at radius 3 is 1.72 bits per heavy atom. The van der Waals surface area contributed by atoms with Crippen LogP contribution in [0.2, 0.25) is 0 Å². The van der Waals surface area contributed by atoms with E-state index in [-0.39, 0.29) is 12.2 Å². The van der Waals surface area contributed by atoms with Crippen LogP contribution in [0.5, 0.6) is 0 Å². The first-order valence-corrected chi connectivity index (χ1v) is 9.51. The average molecular weight is 343 g/mol. The van der Waals surface area contributed by atoms with Crippen molar-refractivity contribution in [1.82, 2.24) is 0 Å². The van der Waals surface area contributed by atoms with Crippen LogP contribution in [-0.4, -0.2) is 17.0 Å². The second kappa shape index (κ2) is 15.6. The first kappa shape index (κ1) is 23.1. The highest BCUT2D eigenvalue weighted by molar-refractivity contribution is 5.79. The third kappa shape index (κ3) is 11.3. The SMILES string of the molecule is CC.CC.O=C(CCc1ccccc1)CC(O)CCc1ccccc1. The van der Waals surface area contributed by atoms with E-state index in [2.05, 4.69) is 0 Å². The van der Waals surface area contributed by atoms with Gasteiger partial charge in [0.1, 0.15) is 5.78 Å². The number of aliphatic hydroxyl groups is 1. The predicted octanol–water partition coefficient (Wildman–Crippen LogP) is 5.62. The van der Waals surface area contributed by atoms with Crippen molar-refractivity contribution in [3.8, 4) is 0 Å². The maximum Gasteiger partial charge on any atom is 0.135 e. The van der Waals surface area contributed by atoms with Crippen molar-refractivity contribution >= 4 is 5.78 Å². The van der Waals surface area contributed by atoms with Gasteiger partial charge in [-0.25, -0.2) is 0 Å². The Kier molecular flexibility index (Phi) is 14.4. The Hall–Kier alpha value is -1.93. The van der Waals surface area contributed by atoms with Crippen LogP contribution in [0.4, 0.5) is 0 Å². The fraction of sp³-hybridized carbons (Fsp3) is 0.435. The van der Waals surface area contributed by atoms with E-state index in [0.29, 0.717) is 12.8 Å². The summed E-state index contributed by atoms with van der Waals surface area (Å²) < 4.78 is 0. The Morgan fingerprint density at radius 1 is 0.800 bits per heavy atom. The van der Waals surface area contributed by atoms with E-state index in [0.717, 1.165) is 12.8 Å². The fourth-order valence-electron chi connectivity index (χ4n) is 2.37. The minimum atomic E-state index is -0.534. The fourth-order valence-corrected chi connectivity index (χ4v) is 2.37. The summed E-state index contributed by atoms with van der Waals surface area (Å²) in [5.41, 5.74) is 2.37.